The number of nitro benzene ring substituents is 1. The smallest absolute Gasteiger partial charge is 0.269 e. The van der Waals surface area contributed by atoms with Gasteiger partial charge in [-0.25, -0.2) is 9.07 Å². The quantitative estimate of drug-likeness (QED) is 0.263. The van der Waals surface area contributed by atoms with Gasteiger partial charge in [-0.05, 0) is 36.4 Å². The maximum atomic E-state index is 14.3. The Morgan fingerprint density at radius 2 is 1.69 bits per heavy atom. The number of aromatic nitrogens is 2. The fourth-order valence-electron chi connectivity index (χ4n) is 3.22. The van der Waals surface area contributed by atoms with Crippen LogP contribution in [0, 0.1) is 15.9 Å². The molecule has 0 aliphatic rings. The van der Waals surface area contributed by atoms with Gasteiger partial charge in [0, 0.05) is 28.7 Å². The van der Waals surface area contributed by atoms with Crippen LogP contribution in [0.1, 0.15) is 0 Å². The number of ether oxygens (including phenoxy) is 2. The minimum absolute atomic E-state index is 0.00643. The molecule has 4 aromatic rings. The van der Waals surface area contributed by atoms with Gasteiger partial charge in [-0.1, -0.05) is 23.9 Å². The highest BCUT2D eigenvalue weighted by Gasteiger charge is 2.19. The summed E-state index contributed by atoms with van der Waals surface area (Å²) in [6.45, 7) is 0. The summed E-state index contributed by atoms with van der Waals surface area (Å²) in [7, 11) is 3.09. The van der Waals surface area contributed by atoms with Gasteiger partial charge in [0.05, 0.1) is 41.6 Å². The van der Waals surface area contributed by atoms with Crippen LogP contribution in [-0.2, 0) is 0 Å². The highest BCUT2D eigenvalue weighted by Crippen LogP contribution is 2.43. The topological polar surface area (TPSA) is 79.4 Å². The van der Waals surface area contributed by atoms with Gasteiger partial charge in [0.1, 0.15) is 17.3 Å². The van der Waals surface area contributed by atoms with Crippen LogP contribution in [0.15, 0.2) is 82.7 Å². The number of hydrogen-bond acceptors (Lipinski definition) is 6. The van der Waals surface area contributed by atoms with Crippen molar-refractivity contribution in [2.75, 3.05) is 14.2 Å². The first-order chi connectivity index (χ1) is 15.5. The minimum atomic E-state index is -0.452. The van der Waals surface area contributed by atoms with E-state index in [-0.39, 0.29) is 11.5 Å². The molecule has 3 aromatic carbocycles. The monoisotopic (exact) mass is 451 g/mol. The van der Waals surface area contributed by atoms with E-state index in [1.54, 1.807) is 61.5 Å². The summed E-state index contributed by atoms with van der Waals surface area (Å²) in [5, 5.41) is 15.3. The lowest BCUT2D eigenvalue weighted by atomic mass is 10.1. The van der Waals surface area contributed by atoms with Crippen molar-refractivity contribution in [3.05, 3.63) is 88.9 Å². The Bertz CT molecular complexity index is 1270. The molecule has 0 N–H and O–H groups in total. The largest absolute Gasteiger partial charge is 0.496 e. The Morgan fingerprint density at radius 3 is 2.34 bits per heavy atom. The molecule has 0 atom stereocenters. The van der Waals surface area contributed by atoms with Crippen LogP contribution >= 0.6 is 11.8 Å². The standard InChI is InChI=1S/C23H18FN3O4S/c1-30-20-14-21(31-2)23(32-22-6-4-3-5-18(22)24)13-17(20)19-11-12-25-26(19)15-7-9-16(10-8-15)27(28)29/h3-14H,1-2H3. The predicted molar refractivity (Wildman–Crippen MR) is 119 cm³/mol. The Morgan fingerprint density at radius 1 is 0.969 bits per heavy atom. The first kappa shape index (κ1) is 21.4. The lowest BCUT2D eigenvalue weighted by Crippen LogP contribution is -2.01. The number of rotatable bonds is 7. The van der Waals surface area contributed by atoms with Crippen LogP contribution in [0.3, 0.4) is 0 Å². The summed E-state index contributed by atoms with van der Waals surface area (Å²) in [5.74, 6) is 0.761. The van der Waals surface area contributed by atoms with Crippen LogP contribution in [0.4, 0.5) is 10.1 Å². The molecule has 32 heavy (non-hydrogen) atoms. The molecule has 0 spiro atoms. The van der Waals surface area contributed by atoms with Gasteiger partial charge in [-0.3, -0.25) is 10.1 Å². The summed E-state index contributed by atoms with van der Waals surface area (Å²) < 4.78 is 27.0. The number of hydrogen-bond donors (Lipinski definition) is 0. The molecule has 9 heteroatoms. The molecule has 162 valence electrons. The molecule has 7 nitrogen and oxygen atoms in total. The Balaban J connectivity index is 1.81. The fraction of sp³-hybridized carbons (Fsp3) is 0.0870. The molecular formula is C23H18FN3O4S. The van der Waals surface area contributed by atoms with E-state index < -0.39 is 4.92 Å². The second-order valence-corrected chi connectivity index (χ2v) is 7.72. The summed E-state index contributed by atoms with van der Waals surface area (Å²) in [6.07, 6.45) is 1.63. The molecular weight excluding hydrogens is 433 g/mol. The van der Waals surface area contributed by atoms with E-state index in [2.05, 4.69) is 5.10 Å². The molecule has 0 saturated carbocycles. The third-order valence-electron chi connectivity index (χ3n) is 4.77. The van der Waals surface area contributed by atoms with Crippen LogP contribution in [-0.4, -0.2) is 28.9 Å². The molecule has 1 heterocycles. The summed E-state index contributed by atoms with van der Waals surface area (Å²) in [4.78, 5) is 11.7. The number of halogens is 1. The first-order valence-corrected chi connectivity index (χ1v) is 10.3. The average molecular weight is 451 g/mol. The third kappa shape index (κ3) is 4.15. The molecule has 0 bridgehead atoms. The second kappa shape index (κ2) is 9.11. The zero-order valence-corrected chi connectivity index (χ0v) is 18.0. The summed E-state index contributed by atoms with van der Waals surface area (Å²) in [5.41, 5.74) is 2.06. The molecule has 0 unspecified atom stereocenters. The molecule has 0 amide bonds. The van der Waals surface area contributed by atoms with Gasteiger partial charge in [0.25, 0.3) is 5.69 Å². The lowest BCUT2D eigenvalue weighted by molar-refractivity contribution is -0.384. The predicted octanol–water partition coefficient (Wildman–Crippen LogP) is 5.76. The summed E-state index contributed by atoms with van der Waals surface area (Å²) in [6, 6.07) is 18.0. The highest BCUT2D eigenvalue weighted by molar-refractivity contribution is 7.99. The maximum Gasteiger partial charge on any atom is 0.269 e. The number of benzene rings is 3. The zero-order chi connectivity index (χ0) is 22.7. The fourth-order valence-corrected chi connectivity index (χ4v) is 4.19. The second-order valence-electron chi connectivity index (χ2n) is 6.64. The maximum absolute atomic E-state index is 14.3. The van der Waals surface area contributed by atoms with E-state index in [1.807, 2.05) is 12.1 Å². The van der Waals surface area contributed by atoms with E-state index in [0.29, 0.717) is 38.2 Å². The highest BCUT2D eigenvalue weighted by atomic mass is 32.2. The molecule has 0 saturated heterocycles. The minimum Gasteiger partial charge on any atom is -0.496 e. The van der Waals surface area contributed by atoms with Crippen LogP contribution in [0.2, 0.25) is 0 Å². The third-order valence-corrected chi connectivity index (χ3v) is 5.86. The Kier molecular flexibility index (Phi) is 6.09. The van der Waals surface area contributed by atoms with Crippen molar-refractivity contribution in [3.8, 4) is 28.4 Å². The van der Waals surface area contributed by atoms with Crippen LogP contribution in [0.25, 0.3) is 16.9 Å². The van der Waals surface area contributed by atoms with E-state index in [4.69, 9.17) is 9.47 Å². The van der Waals surface area contributed by atoms with Gasteiger partial charge < -0.3 is 9.47 Å². The molecule has 0 radical (unpaired) electrons. The van der Waals surface area contributed by atoms with E-state index in [9.17, 15) is 14.5 Å². The molecule has 0 aliphatic heterocycles. The van der Waals surface area contributed by atoms with E-state index in [1.165, 1.54) is 30.0 Å². The van der Waals surface area contributed by atoms with Crippen molar-refractivity contribution in [2.24, 2.45) is 0 Å². The van der Waals surface area contributed by atoms with E-state index >= 15 is 0 Å². The Hall–Kier alpha value is -3.85. The number of non-ortho nitro benzene ring substituents is 1. The normalized spacial score (nSPS) is 10.7. The molecule has 4 rings (SSSR count). The van der Waals surface area contributed by atoms with Crippen molar-refractivity contribution in [2.45, 2.75) is 9.79 Å². The molecule has 0 aliphatic carbocycles. The molecule has 1 aromatic heterocycles. The van der Waals surface area contributed by atoms with Crippen molar-refractivity contribution in [1.29, 1.82) is 0 Å². The molecule has 0 fully saturated rings. The Labute approximate surface area is 187 Å². The number of methoxy groups -OCH3 is 2. The van der Waals surface area contributed by atoms with Gasteiger partial charge in [-0.2, -0.15) is 5.10 Å². The first-order valence-electron chi connectivity index (χ1n) is 9.49. The van der Waals surface area contributed by atoms with E-state index in [0.717, 1.165) is 0 Å². The summed E-state index contributed by atoms with van der Waals surface area (Å²) >= 11 is 1.24. The zero-order valence-electron chi connectivity index (χ0n) is 17.2. The SMILES string of the molecule is COc1cc(OC)c(-c2ccnn2-c2ccc([N+](=O)[O-])cc2)cc1Sc1ccccc1F. The number of nitrogens with zero attached hydrogens (tertiary/aromatic N) is 3. The van der Waals surface area contributed by atoms with Gasteiger partial charge in [-0.15, -0.1) is 0 Å². The average Bonchev–Trinajstić information content (AvgIpc) is 3.30. The van der Waals surface area contributed by atoms with Crippen molar-refractivity contribution >= 4 is 17.4 Å². The van der Waals surface area contributed by atoms with Crippen molar-refractivity contribution in [3.63, 3.8) is 0 Å². The van der Waals surface area contributed by atoms with Gasteiger partial charge >= 0.3 is 0 Å². The van der Waals surface area contributed by atoms with Crippen LogP contribution < -0.4 is 9.47 Å². The number of nitro groups is 1. The van der Waals surface area contributed by atoms with Gasteiger partial charge in [0.15, 0.2) is 0 Å². The van der Waals surface area contributed by atoms with Crippen LogP contribution in [0.5, 0.6) is 11.5 Å². The van der Waals surface area contributed by atoms with Crippen molar-refractivity contribution < 1.29 is 18.8 Å². The lowest BCUT2D eigenvalue weighted by Gasteiger charge is -2.16. The van der Waals surface area contributed by atoms with Gasteiger partial charge in [0.2, 0.25) is 0 Å². The van der Waals surface area contributed by atoms with Crippen molar-refractivity contribution in [1.82, 2.24) is 9.78 Å².